The highest BCUT2D eigenvalue weighted by molar-refractivity contribution is 6.30. The van der Waals surface area contributed by atoms with Crippen molar-refractivity contribution >= 4 is 23.2 Å². The van der Waals surface area contributed by atoms with Crippen LogP contribution in [0.5, 0.6) is 0 Å². The van der Waals surface area contributed by atoms with E-state index in [0.29, 0.717) is 11.6 Å². The lowest BCUT2D eigenvalue weighted by atomic mass is 10.0. The molecular weight excluding hydrogens is 373 g/mol. The lowest BCUT2D eigenvalue weighted by Gasteiger charge is -2.22. The van der Waals surface area contributed by atoms with Crippen molar-refractivity contribution in [3.63, 3.8) is 0 Å². The van der Waals surface area contributed by atoms with Crippen molar-refractivity contribution in [3.8, 4) is 6.07 Å². The van der Waals surface area contributed by atoms with E-state index in [9.17, 15) is 23.1 Å². The summed E-state index contributed by atoms with van der Waals surface area (Å²) in [6.45, 7) is 2.63. The van der Waals surface area contributed by atoms with Crippen LogP contribution < -0.4 is 5.32 Å². The van der Waals surface area contributed by atoms with Crippen molar-refractivity contribution in [3.05, 3.63) is 46.2 Å². The first-order valence-electron chi connectivity index (χ1n) is 7.29. The summed E-state index contributed by atoms with van der Waals surface area (Å²) in [7, 11) is 0. The first kappa shape index (κ1) is 19.8. The molecule has 0 saturated heterocycles. The molecule has 0 spiro atoms. The fraction of sp³-hybridized carbons (Fsp3) is 0.312. The number of carbonyl (C=O) groups excluding carboxylic acids is 1. The van der Waals surface area contributed by atoms with Crippen LogP contribution in [-0.2, 0) is 17.5 Å². The van der Waals surface area contributed by atoms with Crippen LogP contribution in [0.25, 0.3) is 0 Å². The Morgan fingerprint density at radius 2 is 2.12 bits per heavy atom. The highest BCUT2D eigenvalue weighted by Crippen LogP contribution is 2.33. The number of carbonyl (C=O) groups is 1. The second kappa shape index (κ2) is 6.97. The Bertz CT molecular complexity index is 865. The molecule has 0 aliphatic carbocycles. The molecule has 2 rings (SSSR count). The molecule has 1 unspecified atom stereocenters. The summed E-state index contributed by atoms with van der Waals surface area (Å²) in [5.41, 5.74) is -3.26. The molecular formula is C16H14ClF3N4O2. The van der Waals surface area contributed by atoms with Crippen molar-refractivity contribution in [2.75, 3.05) is 5.32 Å². The monoisotopic (exact) mass is 386 g/mol. The molecule has 1 heterocycles. The van der Waals surface area contributed by atoms with Crippen LogP contribution >= 0.6 is 11.6 Å². The van der Waals surface area contributed by atoms with Crippen molar-refractivity contribution < 1.29 is 23.1 Å². The third kappa shape index (κ3) is 4.33. The summed E-state index contributed by atoms with van der Waals surface area (Å²) in [5, 5.41) is 25.4. The minimum absolute atomic E-state index is 0.198. The SMILES string of the molecule is Cc1cn(CC(C)(O)C(=O)Nc2ccc(C#N)c(C(F)(F)F)c2)nc1Cl. The van der Waals surface area contributed by atoms with Crippen molar-refractivity contribution in [1.29, 1.82) is 5.26 Å². The van der Waals surface area contributed by atoms with Gasteiger partial charge in [-0.3, -0.25) is 9.48 Å². The Balaban J connectivity index is 2.22. The Morgan fingerprint density at radius 1 is 1.46 bits per heavy atom. The number of aromatic nitrogens is 2. The molecule has 2 N–H and O–H groups in total. The van der Waals surface area contributed by atoms with Gasteiger partial charge >= 0.3 is 6.18 Å². The molecule has 1 atom stereocenters. The highest BCUT2D eigenvalue weighted by atomic mass is 35.5. The molecule has 26 heavy (non-hydrogen) atoms. The van der Waals surface area contributed by atoms with Crippen LogP contribution in [0.1, 0.15) is 23.6 Å². The number of nitriles is 1. The Hall–Kier alpha value is -2.57. The van der Waals surface area contributed by atoms with Gasteiger partial charge in [0, 0.05) is 17.4 Å². The summed E-state index contributed by atoms with van der Waals surface area (Å²) in [6.07, 6.45) is -3.23. The number of nitrogens with zero attached hydrogens (tertiary/aromatic N) is 3. The molecule has 0 bridgehead atoms. The smallest absolute Gasteiger partial charge is 0.378 e. The Labute approximate surface area is 151 Å². The van der Waals surface area contributed by atoms with E-state index in [2.05, 4.69) is 10.4 Å². The molecule has 1 amide bonds. The molecule has 0 saturated carbocycles. The van der Waals surface area contributed by atoms with E-state index >= 15 is 0 Å². The van der Waals surface area contributed by atoms with E-state index in [1.807, 2.05) is 0 Å². The van der Waals surface area contributed by atoms with Crippen molar-refractivity contribution in [1.82, 2.24) is 9.78 Å². The zero-order chi connectivity index (χ0) is 19.7. The van der Waals surface area contributed by atoms with Crippen LogP contribution in [0.3, 0.4) is 0 Å². The fourth-order valence-electron chi connectivity index (χ4n) is 2.19. The predicted molar refractivity (Wildman–Crippen MR) is 87.4 cm³/mol. The molecule has 6 nitrogen and oxygen atoms in total. The number of hydrogen-bond donors (Lipinski definition) is 2. The summed E-state index contributed by atoms with van der Waals surface area (Å²) < 4.78 is 40.2. The van der Waals surface area contributed by atoms with E-state index in [-0.39, 0.29) is 17.4 Å². The van der Waals surface area contributed by atoms with E-state index in [0.717, 1.165) is 12.1 Å². The van der Waals surface area contributed by atoms with Crippen LogP contribution in [-0.4, -0.2) is 26.4 Å². The van der Waals surface area contributed by atoms with Gasteiger partial charge < -0.3 is 10.4 Å². The number of anilines is 1. The fourth-order valence-corrected chi connectivity index (χ4v) is 2.33. The molecule has 0 aliphatic heterocycles. The van der Waals surface area contributed by atoms with Crippen LogP contribution in [0.2, 0.25) is 5.15 Å². The second-order valence-corrected chi connectivity index (χ2v) is 6.26. The minimum Gasteiger partial charge on any atom is -0.378 e. The lowest BCUT2D eigenvalue weighted by Crippen LogP contribution is -2.43. The van der Waals surface area contributed by atoms with E-state index in [1.165, 1.54) is 23.9 Å². The van der Waals surface area contributed by atoms with Gasteiger partial charge in [-0.15, -0.1) is 0 Å². The average molecular weight is 387 g/mol. The molecule has 10 heteroatoms. The molecule has 2 aromatic rings. The first-order chi connectivity index (χ1) is 11.9. The maximum Gasteiger partial charge on any atom is 0.417 e. The molecule has 0 fully saturated rings. The van der Waals surface area contributed by atoms with Gasteiger partial charge in [-0.25, -0.2) is 0 Å². The number of rotatable bonds is 4. The van der Waals surface area contributed by atoms with Crippen molar-refractivity contribution in [2.24, 2.45) is 0 Å². The third-order valence-electron chi connectivity index (χ3n) is 3.55. The topological polar surface area (TPSA) is 90.9 Å². The largest absolute Gasteiger partial charge is 0.417 e. The highest BCUT2D eigenvalue weighted by Gasteiger charge is 2.35. The lowest BCUT2D eigenvalue weighted by molar-refractivity contribution is -0.138. The predicted octanol–water partition coefficient (Wildman–Crippen LogP) is 3.13. The molecule has 1 aromatic carbocycles. The summed E-state index contributed by atoms with van der Waals surface area (Å²) >= 11 is 5.81. The summed E-state index contributed by atoms with van der Waals surface area (Å²) in [5.74, 6) is -0.931. The average Bonchev–Trinajstić information content (AvgIpc) is 2.83. The number of aryl methyl sites for hydroxylation is 1. The van der Waals surface area contributed by atoms with E-state index in [4.69, 9.17) is 16.9 Å². The number of aliphatic hydroxyl groups is 1. The zero-order valence-electron chi connectivity index (χ0n) is 13.7. The van der Waals surface area contributed by atoms with Gasteiger partial charge in [-0.1, -0.05) is 11.6 Å². The molecule has 1 aromatic heterocycles. The van der Waals surface area contributed by atoms with Gasteiger partial charge in [-0.05, 0) is 32.0 Å². The minimum atomic E-state index is -4.75. The number of halogens is 4. The quantitative estimate of drug-likeness (QED) is 0.844. The van der Waals surface area contributed by atoms with Gasteiger partial charge in [0.2, 0.25) is 0 Å². The number of benzene rings is 1. The number of amides is 1. The van der Waals surface area contributed by atoms with Gasteiger partial charge in [0.25, 0.3) is 5.91 Å². The Kier molecular flexibility index (Phi) is 5.30. The normalized spacial score (nSPS) is 13.8. The van der Waals surface area contributed by atoms with E-state index in [1.54, 1.807) is 6.92 Å². The molecule has 0 aliphatic rings. The molecule has 138 valence electrons. The standard InChI is InChI=1S/C16H14ClF3N4O2/c1-9-7-24(23-13(9)17)8-15(2,26)14(25)22-11-4-3-10(6-21)12(5-11)16(18,19)20/h3-5,7,26H,8H2,1-2H3,(H,22,25). The van der Waals surface area contributed by atoms with Gasteiger partial charge in [0.1, 0.15) is 0 Å². The van der Waals surface area contributed by atoms with Crippen LogP contribution in [0.4, 0.5) is 18.9 Å². The number of hydrogen-bond acceptors (Lipinski definition) is 4. The van der Waals surface area contributed by atoms with Gasteiger partial charge in [-0.2, -0.15) is 23.5 Å². The third-order valence-corrected chi connectivity index (χ3v) is 3.92. The van der Waals surface area contributed by atoms with Crippen LogP contribution in [0, 0.1) is 18.3 Å². The Morgan fingerprint density at radius 3 is 2.62 bits per heavy atom. The summed E-state index contributed by atoms with van der Waals surface area (Å²) in [6, 6.07) is 4.19. The maximum absolute atomic E-state index is 13.0. The van der Waals surface area contributed by atoms with Gasteiger partial charge in [0.05, 0.1) is 23.7 Å². The molecule has 0 radical (unpaired) electrons. The number of nitrogens with one attached hydrogen (secondary N) is 1. The van der Waals surface area contributed by atoms with Gasteiger partial charge in [0.15, 0.2) is 10.8 Å². The number of alkyl halides is 3. The first-order valence-corrected chi connectivity index (χ1v) is 7.66. The maximum atomic E-state index is 13.0. The van der Waals surface area contributed by atoms with E-state index < -0.39 is 28.8 Å². The summed E-state index contributed by atoms with van der Waals surface area (Å²) in [4.78, 5) is 12.3. The van der Waals surface area contributed by atoms with Crippen LogP contribution in [0.15, 0.2) is 24.4 Å². The second-order valence-electron chi connectivity index (χ2n) is 5.90. The van der Waals surface area contributed by atoms with Crippen molar-refractivity contribution in [2.45, 2.75) is 32.2 Å². The zero-order valence-corrected chi connectivity index (χ0v) is 14.5.